The van der Waals surface area contributed by atoms with Gasteiger partial charge in [0.1, 0.15) is 0 Å². The lowest BCUT2D eigenvalue weighted by Crippen LogP contribution is -2.49. The Hall–Kier alpha value is -1.89. The third kappa shape index (κ3) is 5.34. The molecule has 0 bridgehead atoms. The third-order valence-electron chi connectivity index (χ3n) is 5.84. The molecule has 156 valence electrons. The maximum atomic E-state index is 14.4. The van der Waals surface area contributed by atoms with Crippen molar-refractivity contribution in [2.75, 3.05) is 31.2 Å². The van der Waals surface area contributed by atoms with Crippen LogP contribution in [-0.4, -0.2) is 43.4 Å². The van der Waals surface area contributed by atoms with Gasteiger partial charge < -0.3 is 20.3 Å². The highest BCUT2D eigenvalue weighted by Crippen LogP contribution is 2.37. The Bertz CT molecular complexity index is 671. The van der Waals surface area contributed by atoms with E-state index in [4.69, 9.17) is 4.74 Å². The highest BCUT2D eigenvalue weighted by atomic mass is 19.1. The molecule has 0 spiro atoms. The van der Waals surface area contributed by atoms with Crippen LogP contribution in [0.5, 0.6) is 0 Å². The topological polar surface area (TPSA) is 66.5 Å². The van der Waals surface area contributed by atoms with Crippen LogP contribution < -0.4 is 15.5 Å². The van der Waals surface area contributed by atoms with Crippen LogP contribution in [0.25, 0.3) is 0 Å². The number of nitrogens with one attached hydrogen (secondary N) is 2. The number of pyridine rings is 1. The Morgan fingerprint density at radius 2 is 2.00 bits per heavy atom. The van der Waals surface area contributed by atoms with Gasteiger partial charge in [-0.1, -0.05) is 33.6 Å². The van der Waals surface area contributed by atoms with Crippen LogP contribution in [0.3, 0.4) is 0 Å². The van der Waals surface area contributed by atoms with Crippen molar-refractivity contribution >= 4 is 11.8 Å². The number of hydrogen-bond donors (Lipinski definition) is 2. The molecule has 2 unspecified atom stereocenters. The van der Waals surface area contributed by atoms with Crippen molar-refractivity contribution in [3.63, 3.8) is 0 Å². The van der Waals surface area contributed by atoms with Crippen molar-refractivity contribution in [3.05, 3.63) is 23.6 Å². The number of urea groups is 1. The van der Waals surface area contributed by atoms with E-state index in [1.165, 1.54) is 12.5 Å². The molecule has 1 aromatic rings. The fourth-order valence-electron chi connectivity index (χ4n) is 4.32. The van der Waals surface area contributed by atoms with Crippen LogP contribution in [0.1, 0.15) is 52.0 Å². The number of anilines is 1. The Kier molecular flexibility index (Phi) is 6.75. The molecule has 0 radical (unpaired) electrons. The molecule has 2 N–H and O–H groups in total. The summed E-state index contributed by atoms with van der Waals surface area (Å²) in [7, 11) is 0. The van der Waals surface area contributed by atoms with Gasteiger partial charge in [-0.05, 0) is 35.8 Å². The molecular formula is C21H33FN4O2. The highest BCUT2D eigenvalue weighted by Gasteiger charge is 2.34. The van der Waals surface area contributed by atoms with Gasteiger partial charge >= 0.3 is 6.03 Å². The summed E-state index contributed by atoms with van der Waals surface area (Å²) in [6.45, 7) is 9.41. The largest absolute Gasteiger partial charge is 0.378 e. The fraction of sp³-hybridized carbons (Fsp3) is 0.714. The summed E-state index contributed by atoms with van der Waals surface area (Å²) in [5.41, 5.74) is 0.821. The van der Waals surface area contributed by atoms with Gasteiger partial charge in [0.2, 0.25) is 0 Å². The molecule has 28 heavy (non-hydrogen) atoms. The van der Waals surface area contributed by atoms with Crippen LogP contribution in [0.2, 0.25) is 0 Å². The van der Waals surface area contributed by atoms with Gasteiger partial charge in [0.15, 0.2) is 11.6 Å². The van der Waals surface area contributed by atoms with Gasteiger partial charge in [0, 0.05) is 31.9 Å². The molecule has 0 aromatic carbocycles. The number of aromatic nitrogens is 1. The van der Waals surface area contributed by atoms with Crippen LogP contribution in [-0.2, 0) is 11.3 Å². The maximum absolute atomic E-state index is 14.4. The Balaban J connectivity index is 1.53. The van der Waals surface area contributed by atoms with Crippen molar-refractivity contribution < 1.29 is 13.9 Å². The first-order valence-corrected chi connectivity index (χ1v) is 10.4. The predicted octanol–water partition coefficient (Wildman–Crippen LogP) is 3.46. The van der Waals surface area contributed by atoms with Crippen molar-refractivity contribution in [2.45, 2.75) is 59.0 Å². The second-order valence-corrected chi connectivity index (χ2v) is 8.94. The normalized spacial score (nSPS) is 23.4. The predicted molar refractivity (Wildman–Crippen MR) is 108 cm³/mol. The van der Waals surface area contributed by atoms with Crippen LogP contribution in [0.4, 0.5) is 15.0 Å². The average Bonchev–Trinajstić information content (AvgIpc) is 2.67. The molecule has 1 saturated carbocycles. The second-order valence-electron chi connectivity index (χ2n) is 8.94. The average molecular weight is 393 g/mol. The summed E-state index contributed by atoms with van der Waals surface area (Å²) in [6.07, 6.45) is 6.16. The number of carbonyl (C=O) groups excluding carboxylic acids is 1. The minimum Gasteiger partial charge on any atom is -0.378 e. The molecular weight excluding hydrogens is 359 g/mol. The van der Waals surface area contributed by atoms with Gasteiger partial charge in [0.05, 0.1) is 13.2 Å². The molecule has 1 aromatic heterocycles. The maximum Gasteiger partial charge on any atom is 0.315 e. The fourth-order valence-corrected chi connectivity index (χ4v) is 4.32. The standard InChI is InChI=1S/C21H33FN4O2/c1-21(2,3)16-6-4-5-7-18(16)25-20(27)24-14-15-12-17(22)19(23-13-15)26-8-10-28-11-9-26/h12-13,16,18H,4-11,14H2,1-3H3,(H2,24,25,27). The molecule has 1 aliphatic heterocycles. The Morgan fingerprint density at radius 3 is 2.68 bits per heavy atom. The van der Waals surface area contributed by atoms with Gasteiger partial charge in [-0.25, -0.2) is 14.2 Å². The monoisotopic (exact) mass is 392 g/mol. The number of rotatable bonds is 4. The lowest BCUT2D eigenvalue weighted by Gasteiger charge is -2.40. The van der Waals surface area contributed by atoms with E-state index in [1.807, 2.05) is 4.90 Å². The SMILES string of the molecule is CC(C)(C)C1CCCCC1NC(=O)NCc1cnc(N2CCOCC2)c(F)c1. The molecule has 1 saturated heterocycles. The minimum absolute atomic E-state index is 0.167. The van der Waals surface area contributed by atoms with E-state index >= 15 is 0 Å². The molecule has 2 heterocycles. The molecule has 2 aliphatic rings. The molecule has 2 fully saturated rings. The zero-order valence-corrected chi connectivity index (χ0v) is 17.3. The van der Waals surface area contributed by atoms with Crippen molar-refractivity contribution in [1.82, 2.24) is 15.6 Å². The second kappa shape index (κ2) is 9.07. The van der Waals surface area contributed by atoms with E-state index in [2.05, 4.69) is 36.4 Å². The lowest BCUT2D eigenvalue weighted by atomic mass is 9.69. The van der Waals surface area contributed by atoms with Gasteiger partial charge in [-0.3, -0.25) is 0 Å². The van der Waals surface area contributed by atoms with E-state index in [0.717, 1.165) is 19.3 Å². The molecule has 2 atom stereocenters. The first kappa shape index (κ1) is 20.8. The number of morpholine rings is 1. The summed E-state index contributed by atoms with van der Waals surface area (Å²) in [4.78, 5) is 18.5. The zero-order valence-electron chi connectivity index (χ0n) is 17.3. The number of hydrogen-bond acceptors (Lipinski definition) is 4. The van der Waals surface area contributed by atoms with E-state index in [-0.39, 0.29) is 29.8 Å². The quantitative estimate of drug-likeness (QED) is 0.824. The van der Waals surface area contributed by atoms with E-state index in [0.29, 0.717) is 43.6 Å². The summed E-state index contributed by atoms with van der Waals surface area (Å²) >= 11 is 0. The van der Waals surface area contributed by atoms with Gasteiger partial charge in [-0.2, -0.15) is 0 Å². The van der Waals surface area contributed by atoms with Gasteiger partial charge in [0.25, 0.3) is 0 Å². The van der Waals surface area contributed by atoms with Crippen molar-refractivity contribution in [3.8, 4) is 0 Å². The zero-order chi connectivity index (χ0) is 20.1. The van der Waals surface area contributed by atoms with Gasteiger partial charge in [-0.15, -0.1) is 0 Å². The minimum atomic E-state index is -0.360. The first-order valence-electron chi connectivity index (χ1n) is 10.4. The Morgan fingerprint density at radius 1 is 1.29 bits per heavy atom. The van der Waals surface area contributed by atoms with Crippen molar-refractivity contribution in [1.29, 1.82) is 0 Å². The van der Waals surface area contributed by atoms with E-state index in [1.54, 1.807) is 6.20 Å². The number of ether oxygens (including phenoxy) is 1. The number of carbonyl (C=O) groups is 1. The molecule has 2 amide bonds. The summed E-state index contributed by atoms with van der Waals surface area (Å²) in [5, 5.41) is 5.99. The number of amides is 2. The van der Waals surface area contributed by atoms with Crippen LogP contribution >= 0.6 is 0 Å². The van der Waals surface area contributed by atoms with Crippen LogP contribution in [0, 0.1) is 17.2 Å². The first-order chi connectivity index (χ1) is 13.3. The number of nitrogens with zero attached hydrogens (tertiary/aromatic N) is 2. The molecule has 7 heteroatoms. The molecule has 1 aliphatic carbocycles. The third-order valence-corrected chi connectivity index (χ3v) is 5.84. The lowest BCUT2D eigenvalue weighted by molar-refractivity contribution is 0.122. The molecule has 6 nitrogen and oxygen atoms in total. The summed E-state index contributed by atoms with van der Waals surface area (Å²) in [6, 6.07) is 1.45. The highest BCUT2D eigenvalue weighted by molar-refractivity contribution is 5.74. The number of halogens is 1. The van der Waals surface area contributed by atoms with E-state index < -0.39 is 0 Å². The molecule has 3 rings (SSSR count). The smallest absolute Gasteiger partial charge is 0.315 e. The summed E-state index contributed by atoms with van der Waals surface area (Å²) in [5.74, 6) is 0.465. The van der Waals surface area contributed by atoms with Crippen molar-refractivity contribution in [2.24, 2.45) is 11.3 Å². The summed E-state index contributed by atoms with van der Waals surface area (Å²) < 4.78 is 19.7. The van der Waals surface area contributed by atoms with Crippen LogP contribution in [0.15, 0.2) is 12.3 Å². The van der Waals surface area contributed by atoms with E-state index in [9.17, 15) is 9.18 Å². The Labute approximate surface area is 167 Å².